The predicted octanol–water partition coefficient (Wildman–Crippen LogP) is -1.69. The van der Waals surface area contributed by atoms with Crippen LogP contribution >= 0.6 is 0 Å². The van der Waals surface area contributed by atoms with Gasteiger partial charge in [-0.1, -0.05) is 0 Å². The topological polar surface area (TPSA) is 17.1 Å². The van der Waals surface area contributed by atoms with E-state index in [1.54, 1.807) is 0 Å². The van der Waals surface area contributed by atoms with Crippen LogP contribution in [-0.2, 0) is 33.1 Å². The van der Waals surface area contributed by atoms with Gasteiger partial charge in [0.05, 0.1) is 0 Å². The van der Waals surface area contributed by atoms with Gasteiger partial charge < -0.3 is 0 Å². The van der Waals surface area contributed by atoms with Crippen molar-refractivity contribution in [2.45, 2.75) is 0 Å². The monoisotopic (exact) mass is 329 g/mol. The zero-order chi connectivity index (χ0) is 2.00. The molecule has 0 saturated heterocycles. The molecule has 0 aliphatic heterocycles. The van der Waals surface area contributed by atoms with E-state index in [2.05, 4.69) is 0 Å². The standard InChI is InChI=1S/Cs.O.Sr.Y.3H. The first-order chi connectivity index (χ1) is 1.00. The molecule has 4 heteroatoms. The summed E-state index contributed by atoms with van der Waals surface area (Å²) in [6.07, 6.45) is 0. The number of hydrogen-bond acceptors (Lipinski definition) is 1. The molecule has 0 heterocycles. The second kappa shape index (κ2) is 15.7. The average Bonchev–Trinajstić information content (AvgIpc) is 1.00. The van der Waals surface area contributed by atoms with Crippen LogP contribution in [0.15, 0.2) is 0 Å². The van der Waals surface area contributed by atoms with Crippen molar-refractivity contribution < 1.29 is 33.1 Å². The maximum atomic E-state index is 8.38. The molecular formula is H3CsOSrY. The summed E-state index contributed by atoms with van der Waals surface area (Å²) in [7, 11) is 0. The fraction of sp³-hybridized carbons (Fsp3) is 0. The van der Waals surface area contributed by atoms with Crippen molar-refractivity contribution in [2.24, 2.45) is 0 Å². The summed E-state index contributed by atoms with van der Waals surface area (Å²) in [5.41, 5.74) is 0. The van der Waals surface area contributed by atoms with Crippen molar-refractivity contribution in [1.29, 1.82) is 0 Å². The fourth-order valence-corrected chi connectivity index (χ4v) is 0. The van der Waals surface area contributed by atoms with Crippen molar-refractivity contribution in [3.8, 4) is 0 Å². The Balaban J connectivity index is -0.00000000500. The first-order valence-electron chi connectivity index (χ1n) is 0.236. The third-order valence-corrected chi connectivity index (χ3v) is 0. The van der Waals surface area contributed by atoms with Crippen molar-refractivity contribution in [3.05, 3.63) is 0 Å². The van der Waals surface area contributed by atoms with Crippen LogP contribution in [0.5, 0.6) is 0 Å². The van der Waals surface area contributed by atoms with Gasteiger partial charge in [0.25, 0.3) is 0 Å². The Morgan fingerprint density at radius 1 is 1.25 bits per heavy atom. The molecule has 0 bridgehead atoms. The van der Waals surface area contributed by atoms with Crippen LogP contribution in [0.1, 0.15) is 0 Å². The molecule has 0 aromatic heterocycles. The van der Waals surface area contributed by atoms with E-state index in [1.807, 2.05) is 0 Å². The molecule has 0 aromatic carbocycles. The molecule has 0 unspecified atom stereocenters. The minimum atomic E-state index is 0. The zero-order valence-electron chi connectivity index (χ0n) is 0.986. The summed E-state index contributed by atoms with van der Waals surface area (Å²) in [5.74, 6) is 0. The Morgan fingerprint density at radius 2 is 1.25 bits per heavy atom. The molecule has 0 aromatic rings. The van der Waals surface area contributed by atoms with Gasteiger partial charge in [-0.2, -0.15) is 0 Å². The quantitative estimate of drug-likeness (QED) is 0.485. The summed E-state index contributed by atoms with van der Waals surface area (Å²) in [6, 6.07) is 0. The van der Waals surface area contributed by atoms with Gasteiger partial charge >= 0.3 is 147 Å². The molecule has 0 saturated carbocycles. The van der Waals surface area contributed by atoms with Crippen LogP contribution in [0.2, 0.25) is 0 Å². The molecule has 0 fully saturated rings. The van der Waals surface area contributed by atoms with E-state index in [0.717, 1.165) is 0 Å². The van der Waals surface area contributed by atoms with Crippen LogP contribution in [0.4, 0.5) is 0 Å². The van der Waals surface area contributed by atoms with Crippen LogP contribution in [0.3, 0.4) is 0 Å². The van der Waals surface area contributed by atoms with Gasteiger partial charge in [-0.3, -0.25) is 0 Å². The molecule has 0 amide bonds. The summed E-state index contributed by atoms with van der Waals surface area (Å²) in [4.78, 5) is 0. The summed E-state index contributed by atoms with van der Waals surface area (Å²) >= 11 is 0.100. The number of rotatable bonds is 0. The van der Waals surface area contributed by atoms with E-state index in [-0.39, 0.29) is 145 Å². The first-order valence-corrected chi connectivity index (χ1v) is 1.39. The van der Waals surface area contributed by atoms with Crippen LogP contribution < -0.4 is 0 Å². The second-order valence-electron chi connectivity index (χ2n) is 0. The molecule has 0 spiro atoms. The van der Waals surface area contributed by atoms with Crippen molar-refractivity contribution in [1.82, 2.24) is 0 Å². The van der Waals surface area contributed by atoms with Crippen LogP contribution in [0, 0.1) is 0 Å². The van der Waals surface area contributed by atoms with Crippen molar-refractivity contribution in [3.63, 3.8) is 0 Å². The second-order valence-corrected chi connectivity index (χ2v) is 0. The molecule has 0 aliphatic carbocycles. The van der Waals surface area contributed by atoms with Gasteiger partial charge in [0, 0.05) is 0 Å². The molecule has 0 N–H and O–H groups in total. The van der Waals surface area contributed by atoms with E-state index in [1.165, 1.54) is 0 Å². The van der Waals surface area contributed by atoms with E-state index in [0.29, 0.717) is 0 Å². The normalized spacial score (nSPS) is 1.50. The molecule has 0 atom stereocenters. The molecule has 0 radical (unpaired) electrons. The Hall–Kier alpha value is 4.44. The molecule has 1 nitrogen and oxygen atoms in total. The minimum absolute atomic E-state index is 0. The SMILES string of the molecule is [CsH].[O]=[Y].[SrH2]. The third-order valence-electron chi connectivity index (χ3n) is 0. The van der Waals surface area contributed by atoms with Crippen molar-refractivity contribution in [2.75, 3.05) is 0 Å². The Morgan fingerprint density at radius 3 is 1.25 bits per heavy atom. The first kappa shape index (κ1) is 15.8. The van der Waals surface area contributed by atoms with Gasteiger partial charge in [0.15, 0.2) is 0 Å². The third kappa shape index (κ3) is 9.67. The Kier molecular flexibility index (Phi) is 61.8. The van der Waals surface area contributed by atoms with Crippen LogP contribution in [-0.4, -0.2) is 114 Å². The summed E-state index contributed by atoms with van der Waals surface area (Å²) in [5, 5.41) is 0. The Labute approximate surface area is 142 Å². The maximum absolute atomic E-state index is 8.38. The fourth-order valence-electron chi connectivity index (χ4n) is 0. The van der Waals surface area contributed by atoms with E-state index in [9.17, 15) is 0 Å². The van der Waals surface area contributed by atoms with Crippen molar-refractivity contribution >= 4 is 114 Å². The Bertz CT molecular complexity index is 8.00. The molecule has 0 aliphatic rings. The van der Waals surface area contributed by atoms with E-state index in [4.69, 9.17) is 2.04 Å². The van der Waals surface area contributed by atoms with E-state index >= 15 is 0 Å². The predicted molar refractivity (Wildman–Crippen MR) is 16.4 cm³/mol. The molecule has 15 valence electrons. The molecule has 4 heavy (non-hydrogen) atoms. The van der Waals surface area contributed by atoms with Gasteiger partial charge in [-0.25, -0.2) is 0 Å². The zero-order valence-corrected chi connectivity index (χ0v) is 3.82. The van der Waals surface area contributed by atoms with Crippen LogP contribution in [0.25, 0.3) is 0 Å². The molecule has 0 rings (SSSR count). The number of hydrogen-bond donors (Lipinski definition) is 0. The van der Waals surface area contributed by atoms with Gasteiger partial charge in [-0.15, -0.1) is 0 Å². The molecular weight excluding hydrogens is 325 g/mol. The van der Waals surface area contributed by atoms with Gasteiger partial charge in [-0.05, 0) is 0 Å². The van der Waals surface area contributed by atoms with E-state index < -0.39 is 0 Å². The van der Waals surface area contributed by atoms with Gasteiger partial charge in [0.2, 0.25) is 0 Å². The summed E-state index contributed by atoms with van der Waals surface area (Å²) < 4.78 is 8.38. The average molecular weight is 328 g/mol. The van der Waals surface area contributed by atoms with Gasteiger partial charge in [0.1, 0.15) is 0 Å². The summed E-state index contributed by atoms with van der Waals surface area (Å²) in [6.45, 7) is 0.